The van der Waals surface area contributed by atoms with Crippen LogP contribution in [0.5, 0.6) is 0 Å². The monoisotopic (exact) mass is 407 g/mol. The molecule has 0 bridgehead atoms. The summed E-state index contributed by atoms with van der Waals surface area (Å²) in [5, 5.41) is 2.98. The van der Waals surface area contributed by atoms with Gasteiger partial charge in [-0.3, -0.25) is 4.79 Å². The highest BCUT2D eigenvalue weighted by molar-refractivity contribution is 14.1. The number of carbonyl (C=O) groups excluding carboxylic acids is 1. The summed E-state index contributed by atoms with van der Waals surface area (Å²) in [7, 11) is 0. The van der Waals surface area contributed by atoms with E-state index in [4.69, 9.17) is 11.6 Å². The Bertz CT molecular complexity index is 454. The van der Waals surface area contributed by atoms with Gasteiger partial charge in [-0.15, -0.1) is 0 Å². The van der Waals surface area contributed by atoms with Crippen LogP contribution < -0.4 is 5.32 Å². The van der Waals surface area contributed by atoms with Crippen LogP contribution in [0.2, 0.25) is 5.02 Å². The van der Waals surface area contributed by atoms with E-state index in [-0.39, 0.29) is 19.1 Å². The molecular weight excluding hydrogens is 397 g/mol. The molecular formula is C11H10ClF3INO2. The first-order valence-corrected chi connectivity index (χ1v) is 6.63. The first-order chi connectivity index (χ1) is 8.79. The molecule has 106 valence electrons. The SMILES string of the molecule is O=C(NCCOCC(F)(F)F)c1ccc(Cl)cc1I. The second-order valence-electron chi connectivity index (χ2n) is 3.55. The summed E-state index contributed by atoms with van der Waals surface area (Å²) in [6.07, 6.45) is -4.35. The minimum absolute atomic E-state index is 0.00756. The molecule has 0 saturated heterocycles. The second kappa shape index (κ2) is 7.30. The van der Waals surface area contributed by atoms with Crippen molar-refractivity contribution in [1.82, 2.24) is 5.32 Å². The molecule has 0 aromatic heterocycles. The molecule has 1 aromatic rings. The number of alkyl halides is 3. The normalized spacial score (nSPS) is 11.4. The van der Waals surface area contributed by atoms with Gasteiger partial charge in [-0.25, -0.2) is 0 Å². The third-order valence-corrected chi connectivity index (χ3v) is 3.10. The van der Waals surface area contributed by atoms with E-state index in [2.05, 4.69) is 10.1 Å². The van der Waals surface area contributed by atoms with Crippen molar-refractivity contribution in [3.05, 3.63) is 32.4 Å². The lowest BCUT2D eigenvalue weighted by Gasteiger charge is -2.09. The molecule has 1 amide bonds. The van der Waals surface area contributed by atoms with E-state index in [1.165, 1.54) is 0 Å². The zero-order valence-corrected chi connectivity index (χ0v) is 12.5. The molecule has 0 aliphatic rings. The van der Waals surface area contributed by atoms with E-state index in [1.54, 1.807) is 18.2 Å². The smallest absolute Gasteiger partial charge is 0.370 e. The minimum atomic E-state index is -4.35. The number of rotatable bonds is 5. The number of nitrogens with one attached hydrogen (secondary N) is 1. The van der Waals surface area contributed by atoms with Gasteiger partial charge in [0, 0.05) is 15.1 Å². The Morgan fingerprint density at radius 2 is 2.11 bits per heavy atom. The fourth-order valence-electron chi connectivity index (χ4n) is 1.19. The highest BCUT2D eigenvalue weighted by Gasteiger charge is 2.27. The minimum Gasteiger partial charge on any atom is -0.370 e. The Hall–Kier alpha value is -0.540. The van der Waals surface area contributed by atoms with Gasteiger partial charge < -0.3 is 10.1 Å². The summed E-state index contributed by atoms with van der Waals surface area (Å²) < 4.78 is 40.4. The van der Waals surface area contributed by atoms with Crippen LogP contribution in [0.3, 0.4) is 0 Å². The van der Waals surface area contributed by atoms with Crippen molar-refractivity contribution < 1.29 is 22.7 Å². The van der Waals surface area contributed by atoms with Crippen LogP contribution in [-0.4, -0.2) is 31.8 Å². The summed E-state index contributed by atoms with van der Waals surface area (Å²) in [6, 6.07) is 4.74. The van der Waals surface area contributed by atoms with Crippen molar-refractivity contribution in [1.29, 1.82) is 0 Å². The third-order valence-electron chi connectivity index (χ3n) is 1.97. The van der Waals surface area contributed by atoms with Gasteiger partial charge in [-0.2, -0.15) is 13.2 Å². The first-order valence-electron chi connectivity index (χ1n) is 5.17. The standard InChI is InChI=1S/C11H10ClF3INO2/c12-7-1-2-8(9(16)5-7)10(18)17-3-4-19-6-11(13,14)15/h1-2,5H,3-4,6H2,(H,17,18). The van der Waals surface area contributed by atoms with Gasteiger partial charge in [-0.1, -0.05) is 11.6 Å². The van der Waals surface area contributed by atoms with Gasteiger partial charge in [0.2, 0.25) is 0 Å². The average Bonchev–Trinajstić information content (AvgIpc) is 2.26. The van der Waals surface area contributed by atoms with Gasteiger partial charge >= 0.3 is 6.18 Å². The molecule has 0 aliphatic heterocycles. The van der Waals surface area contributed by atoms with E-state index in [0.29, 0.717) is 14.2 Å². The van der Waals surface area contributed by atoms with Crippen LogP contribution in [0.4, 0.5) is 13.2 Å². The van der Waals surface area contributed by atoms with Crippen LogP contribution >= 0.6 is 34.2 Å². The molecule has 0 heterocycles. The van der Waals surface area contributed by atoms with Gasteiger partial charge in [-0.05, 0) is 40.8 Å². The first kappa shape index (κ1) is 16.5. The Morgan fingerprint density at radius 3 is 2.68 bits per heavy atom. The van der Waals surface area contributed by atoms with Crippen LogP contribution in [-0.2, 0) is 4.74 Å². The predicted molar refractivity (Wildman–Crippen MR) is 73.4 cm³/mol. The topological polar surface area (TPSA) is 38.3 Å². The molecule has 8 heteroatoms. The van der Waals surface area contributed by atoms with E-state index < -0.39 is 12.8 Å². The summed E-state index contributed by atoms with van der Waals surface area (Å²) in [6.45, 7) is -1.51. The van der Waals surface area contributed by atoms with Gasteiger partial charge in [0.15, 0.2) is 0 Å². The second-order valence-corrected chi connectivity index (χ2v) is 5.15. The van der Waals surface area contributed by atoms with Crippen molar-refractivity contribution in [3.63, 3.8) is 0 Å². The number of amides is 1. The fourth-order valence-corrected chi connectivity index (χ4v) is 2.31. The number of benzene rings is 1. The van der Waals surface area contributed by atoms with E-state index >= 15 is 0 Å². The van der Waals surface area contributed by atoms with Crippen LogP contribution in [0.15, 0.2) is 18.2 Å². The van der Waals surface area contributed by atoms with Crippen molar-refractivity contribution in [2.45, 2.75) is 6.18 Å². The third kappa shape index (κ3) is 6.44. The molecule has 0 fully saturated rings. The van der Waals surface area contributed by atoms with E-state index in [9.17, 15) is 18.0 Å². The summed E-state index contributed by atoms with van der Waals surface area (Å²) in [4.78, 5) is 11.7. The number of halogens is 5. The number of hydrogen-bond donors (Lipinski definition) is 1. The van der Waals surface area contributed by atoms with E-state index in [0.717, 1.165) is 0 Å². The van der Waals surface area contributed by atoms with Crippen LogP contribution in [0, 0.1) is 3.57 Å². The molecule has 19 heavy (non-hydrogen) atoms. The molecule has 0 radical (unpaired) electrons. The molecule has 0 unspecified atom stereocenters. The average molecular weight is 408 g/mol. The molecule has 1 N–H and O–H groups in total. The summed E-state index contributed by atoms with van der Waals surface area (Å²) >= 11 is 7.70. The Balaban J connectivity index is 2.36. The Kier molecular flexibility index (Phi) is 6.34. The zero-order chi connectivity index (χ0) is 14.5. The maximum atomic E-state index is 11.8. The maximum Gasteiger partial charge on any atom is 0.411 e. The van der Waals surface area contributed by atoms with Crippen molar-refractivity contribution >= 4 is 40.1 Å². The maximum absolute atomic E-state index is 11.8. The van der Waals surface area contributed by atoms with Crippen LogP contribution in [0.25, 0.3) is 0 Å². The lowest BCUT2D eigenvalue weighted by atomic mass is 10.2. The van der Waals surface area contributed by atoms with Crippen molar-refractivity contribution in [3.8, 4) is 0 Å². The molecule has 1 rings (SSSR count). The van der Waals surface area contributed by atoms with Crippen molar-refractivity contribution in [2.24, 2.45) is 0 Å². The Labute approximate surface area is 126 Å². The van der Waals surface area contributed by atoms with Gasteiger partial charge in [0.25, 0.3) is 5.91 Å². The molecule has 0 saturated carbocycles. The molecule has 0 atom stereocenters. The quantitative estimate of drug-likeness (QED) is 0.601. The molecule has 0 spiro atoms. The highest BCUT2D eigenvalue weighted by atomic mass is 127. The highest BCUT2D eigenvalue weighted by Crippen LogP contribution is 2.18. The Morgan fingerprint density at radius 1 is 1.42 bits per heavy atom. The zero-order valence-electron chi connectivity index (χ0n) is 9.56. The molecule has 1 aromatic carbocycles. The van der Waals surface area contributed by atoms with Gasteiger partial charge in [0.05, 0.1) is 12.2 Å². The van der Waals surface area contributed by atoms with Crippen molar-refractivity contribution in [2.75, 3.05) is 19.8 Å². The summed E-state index contributed by atoms with van der Waals surface area (Å²) in [5.74, 6) is -0.378. The predicted octanol–water partition coefficient (Wildman–Crippen LogP) is 3.25. The lowest BCUT2D eigenvalue weighted by molar-refractivity contribution is -0.173. The largest absolute Gasteiger partial charge is 0.411 e. The summed E-state index contributed by atoms with van der Waals surface area (Å²) in [5.41, 5.74) is 0.417. The molecule has 0 aliphatic carbocycles. The number of carbonyl (C=O) groups is 1. The number of hydrogen-bond acceptors (Lipinski definition) is 2. The molecule has 3 nitrogen and oxygen atoms in total. The van der Waals surface area contributed by atoms with Gasteiger partial charge in [0.1, 0.15) is 6.61 Å². The number of ether oxygens (including phenoxy) is 1. The van der Waals surface area contributed by atoms with Crippen LogP contribution in [0.1, 0.15) is 10.4 Å². The van der Waals surface area contributed by atoms with E-state index in [1.807, 2.05) is 22.6 Å². The fraction of sp³-hybridized carbons (Fsp3) is 0.364. The lowest BCUT2D eigenvalue weighted by Crippen LogP contribution is -2.29.